The number of methoxy groups -OCH3 is 1. The minimum absolute atomic E-state index is 0.243. The lowest BCUT2D eigenvalue weighted by Crippen LogP contribution is -2.32. The number of nitrogens with zero attached hydrogens (tertiary/aromatic N) is 1. The second kappa shape index (κ2) is 3.42. The molecule has 3 heteroatoms. The zero-order valence-electron chi connectivity index (χ0n) is 6.75. The van der Waals surface area contributed by atoms with E-state index < -0.39 is 0 Å². The average molecular weight is 155 g/mol. The lowest BCUT2D eigenvalue weighted by Gasteiger charge is -2.18. The SMILES string of the molecule is C=CCN(C(=O)OC)C1CC1. The van der Waals surface area contributed by atoms with Crippen molar-refractivity contribution >= 4 is 6.09 Å². The summed E-state index contributed by atoms with van der Waals surface area (Å²) in [6.07, 6.45) is 3.67. The van der Waals surface area contributed by atoms with Gasteiger partial charge in [0.15, 0.2) is 0 Å². The fourth-order valence-corrected chi connectivity index (χ4v) is 1.02. The van der Waals surface area contributed by atoms with Gasteiger partial charge in [-0.3, -0.25) is 0 Å². The van der Waals surface area contributed by atoms with Gasteiger partial charge in [-0.2, -0.15) is 0 Å². The number of amides is 1. The molecule has 0 atom stereocenters. The fourth-order valence-electron chi connectivity index (χ4n) is 1.02. The van der Waals surface area contributed by atoms with E-state index in [9.17, 15) is 4.79 Å². The van der Waals surface area contributed by atoms with Gasteiger partial charge in [-0.1, -0.05) is 6.08 Å². The van der Waals surface area contributed by atoms with Crippen molar-refractivity contribution in [3.05, 3.63) is 12.7 Å². The first-order valence-electron chi connectivity index (χ1n) is 3.75. The van der Waals surface area contributed by atoms with Crippen LogP contribution < -0.4 is 0 Å². The van der Waals surface area contributed by atoms with Crippen molar-refractivity contribution in [2.24, 2.45) is 0 Å². The van der Waals surface area contributed by atoms with E-state index in [-0.39, 0.29) is 6.09 Å². The molecule has 0 unspecified atom stereocenters. The molecule has 0 aromatic carbocycles. The molecule has 1 amide bonds. The van der Waals surface area contributed by atoms with Gasteiger partial charge in [0.05, 0.1) is 7.11 Å². The Morgan fingerprint density at radius 3 is 2.82 bits per heavy atom. The first kappa shape index (κ1) is 8.11. The van der Waals surface area contributed by atoms with Gasteiger partial charge in [-0.25, -0.2) is 4.79 Å². The summed E-state index contributed by atoms with van der Waals surface area (Å²) in [5.74, 6) is 0. The van der Waals surface area contributed by atoms with Crippen molar-refractivity contribution < 1.29 is 9.53 Å². The van der Waals surface area contributed by atoms with Crippen LogP contribution in [-0.4, -0.2) is 30.7 Å². The third-order valence-electron chi connectivity index (χ3n) is 1.72. The van der Waals surface area contributed by atoms with Gasteiger partial charge < -0.3 is 9.64 Å². The minimum atomic E-state index is -0.243. The summed E-state index contributed by atoms with van der Waals surface area (Å²) in [4.78, 5) is 12.7. The molecule has 1 aliphatic rings. The van der Waals surface area contributed by atoms with Gasteiger partial charge in [0.2, 0.25) is 0 Å². The number of carbonyl (C=O) groups excluding carboxylic acids is 1. The van der Waals surface area contributed by atoms with Gasteiger partial charge in [0.1, 0.15) is 0 Å². The average Bonchev–Trinajstić information content (AvgIpc) is 2.81. The molecule has 0 aliphatic heterocycles. The van der Waals surface area contributed by atoms with Crippen LogP contribution in [-0.2, 0) is 4.74 Å². The second-order valence-corrected chi connectivity index (χ2v) is 2.64. The van der Waals surface area contributed by atoms with Crippen LogP contribution in [0.4, 0.5) is 4.79 Å². The Hall–Kier alpha value is -0.990. The predicted molar refractivity (Wildman–Crippen MR) is 42.3 cm³/mol. The lowest BCUT2D eigenvalue weighted by molar-refractivity contribution is 0.125. The zero-order chi connectivity index (χ0) is 8.27. The second-order valence-electron chi connectivity index (χ2n) is 2.64. The smallest absolute Gasteiger partial charge is 0.410 e. The van der Waals surface area contributed by atoms with Crippen molar-refractivity contribution in [1.29, 1.82) is 0 Å². The minimum Gasteiger partial charge on any atom is -0.453 e. The first-order valence-corrected chi connectivity index (χ1v) is 3.75. The molecule has 1 saturated carbocycles. The van der Waals surface area contributed by atoms with Crippen molar-refractivity contribution in [2.75, 3.05) is 13.7 Å². The summed E-state index contributed by atoms with van der Waals surface area (Å²) in [6.45, 7) is 4.17. The highest BCUT2D eigenvalue weighted by molar-refractivity contribution is 5.68. The molecule has 62 valence electrons. The van der Waals surface area contributed by atoms with Crippen LogP contribution >= 0.6 is 0 Å². The van der Waals surface area contributed by atoms with Gasteiger partial charge in [-0.15, -0.1) is 6.58 Å². The molecule has 0 aromatic heterocycles. The Morgan fingerprint density at radius 2 is 2.45 bits per heavy atom. The summed E-state index contributed by atoms with van der Waals surface area (Å²) < 4.78 is 4.61. The van der Waals surface area contributed by atoms with Crippen molar-refractivity contribution in [3.63, 3.8) is 0 Å². The normalized spacial score (nSPS) is 15.7. The van der Waals surface area contributed by atoms with E-state index in [4.69, 9.17) is 0 Å². The highest BCUT2D eigenvalue weighted by atomic mass is 16.5. The Labute approximate surface area is 66.6 Å². The zero-order valence-corrected chi connectivity index (χ0v) is 6.75. The molecule has 0 bridgehead atoms. The number of hydrogen-bond acceptors (Lipinski definition) is 2. The number of ether oxygens (including phenoxy) is 1. The van der Waals surface area contributed by atoms with E-state index in [1.165, 1.54) is 7.11 Å². The van der Waals surface area contributed by atoms with Crippen molar-refractivity contribution in [1.82, 2.24) is 4.90 Å². The Balaban J connectivity index is 2.43. The van der Waals surface area contributed by atoms with Gasteiger partial charge in [0, 0.05) is 12.6 Å². The van der Waals surface area contributed by atoms with Crippen LogP contribution in [0.25, 0.3) is 0 Å². The first-order chi connectivity index (χ1) is 5.29. The maximum absolute atomic E-state index is 11.0. The molecule has 0 aromatic rings. The number of hydrogen-bond donors (Lipinski definition) is 0. The van der Waals surface area contributed by atoms with Crippen LogP contribution in [0.15, 0.2) is 12.7 Å². The van der Waals surface area contributed by atoms with E-state index in [2.05, 4.69) is 11.3 Å². The van der Waals surface area contributed by atoms with Gasteiger partial charge >= 0.3 is 6.09 Å². The van der Waals surface area contributed by atoms with Crippen LogP contribution in [0.2, 0.25) is 0 Å². The third-order valence-corrected chi connectivity index (χ3v) is 1.72. The van der Waals surface area contributed by atoms with Crippen LogP contribution in [0.1, 0.15) is 12.8 Å². The predicted octanol–water partition coefficient (Wildman–Crippen LogP) is 1.40. The summed E-state index contributed by atoms with van der Waals surface area (Å²) in [7, 11) is 1.40. The molecule has 1 aliphatic carbocycles. The largest absolute Gasteiger partial charge is 0.453 e. The van der Waals surface area contributed by atoms with Crippen LogP contribution in [0, 0.1) is 0 Å². The number of rotatable bonds is 3. The molecule has 0 radical (unpaired) electrons. The maximum atomic E-state index is 11.0. The van der Waals surface area contributed by atoms with E-state index in [1.54, 1.807) is 11.0 Å². The van der Waals surface area contributed by atoms with Gasteiger partial charge in [-0.05, 0) is 12.8 Å². The van der Waals surface area contributed by atoms with Crippen molar-refractivity contribution in [2.45, 2.75) is 18.9 Å². The molecule has 0 saturated heterocycles. The molecule has 1 fully saturated rings. The number of carbonyl (C=O) groups is 1. The maximum Gasteiger partial charge on any atom is 0.410 e. The van der Waals surface area contributed by atoms with E-state index in [0.29, 0.717) is 12.6 Å². The van der Waals surface area contributed by atoms with Crippen molar-refractivity contribution in [3.8, 4) is 0 Å². The molecule has 11 heavy (non-hydrogen) atoms. The Morgan fingerprint density at radius 1 is 1.82 bits per heavy atom. The molecule has 0 N–H and O–H groups in total. The molecule has 3 nitrogen and oxygen atoms in total. The Kier molecular flexibility index (Phi) is 2.52. The Bertz CT molecular complexity index is 163. The van der Waals surface area contributed by atoms with Crippen LogP contribution in [0.5, 0.6) is 0 Å². The standard InChI is InChI=1S/C8H13NO2/c1-3-6-9(7-4-5-7)8(10)11-2/h3,7H,1,4-6H2,2H3. The fraction of sp³-hybridized carbons (Fsp3) is 0.625. The molecular formula is C8H13NO2. The van der Waals surface area contributed by atoms with E-state index in [0.717, 1.165) is 12.8 Å². The quantitative estimate of drug-likeness (QED) is 0.576. The lowest BCUT2D eigenvalue weighted by atomic mass is 10.5. The molecule has 0 heterocycles. The highest BCUT2D eigenvalue weighted by Gasteiger charge is 2.32. The van der Waals surface area contributed by atoms with Crippen LogP contribution in [0.3, 0.4) is 0 Å². The van der Waals surface area contributed by atoms with E-state index >= 15 is 0 Å². The molecule has 1 rings (SSSR count). The summed E-state index contributed by atoms with van der Waals surface area (Å²) >= 11 is 0. The van der Waals surface area contributed by atoms with Gasteiger partial charge in [0.25, 0.3) is 0 Å². The highest BCUT2D eigenvalue weighted by Crippen LogP contribution is 2.26. The summed E-state index contributed by atoms with van der Waals surface area (Å²) in [6, 6.07) is 0.403. The topological polar surface area (TPSA) is 29.5 Å². The third kappa shape index (κ3) is 1.97. The molecular weight excluding hydrogens is 142 g/mol. The summed E-state index contributed by atoms with van der Waals surface area (Å²) in [5.41, 5.74) is 0. The van der Waals surface area contributed by atoms with E-state index in [1.807, 2.05) is 0 Å². The molecule has 0 spiro atoms. The monoisotopic (exact) mass is 155 g/mol. The summed E-state index contributed by atoms with van der Waals surface area (Å²) in [5, 5.41) is 0.